The quantitative estimate of drug-likeness (QED) is 0.170. The summed E-state index contributed by atoms with van der Waals surface area (Å²) in [6.07, 6.45) is -3.98. The summed E-state index contributed by atoms with van der Waals surface area (Å²) < 4.78 is 65.2. The summed E-state index contributed by atoms with van der Waals surface area (Å²) in [5, 5.41) is 2.90. The number of ether oxygens (including phenoxy) is 2. The molecule has 258 valence electrons. The second-order valence-corrected chi connectivity index (χ2v) is 14.9. The number of alkyl halides is 3. The monoisotopic (exact) mass is 725 g/mol. The zero-order valence-electron chi connectivity index (χ0n) is 26.0. The van der Waals surface area contributed by atoms with E-state index in [1.807, 2.05) is 0 Å². The summed E-state index contributed by atoms with van der Waals surface area (Å²) in [5.41, 5.74) is -0.257. The van der Waals surface area contributed by atoms with E-state index in [4.69, 9.17) is 9.47 Å². The van der Waals surface area contributed by atoms with E-state index in [-0.39, 0.29) is 57.1 Å². The molecule has 4 aromatic rings. The maximum Gasteiger partial charge on any atom is 0.418 e. The van der Waals surface area contributed by atoms with E-state index >= 15 is 0 Å². The summed E-state index contributed by atoms with van der Waals surface area (Å²) in [6, 6.07) is 15.1. The number of imide groups is 1. The number of nitrogens with one attached hydrogen (secondary N) is 2. The van der Waals surface area contributed by atoms with Crippen molar-refractivity contribution in [3.8, 4) is 11.5 Å². The number of nitrogens with zero attached hydrogens (tertiary/aromatic N) is 1. The van der Waals surface area contributed by atoms with Crippen molar-refractivity contribution in [1.82, 2.24) is 4.98 Å². The van der Waals surface area contributed by atoms with Crippen LogP contribution in [0.4, 0.5) is 28.9 Å². The van der Waals surface area contributed by atoms with E-state index in [1.54, 1.807) is 30.0 Å². The highest BCUT2D eigenvalue weighted by atomic mass is 32.2. The first-order valence-electron chi connectivity index (χ1n) is 15.7. The number of hydrogen-bond donors (Lipinski definition) is 2. The molecule has 2 aliphatic carbocycles. The first-order chi connectivity index (χ1) is 23.9. The fourth-order valence-electron chi connectivity index (χ4n) is 8.40. The third-order valence-corrected chi connectivity index (χ3v) is 12.8. The Kier molecular flexibility index (Phi) is 7.82. The van der Waals surface area contributed by atoms with Crippen LogP contribution in [0.3, 0.4) is 0 Å². The smallest absolute Gasteiger partial charge is 0.418 e. The number of thiazole rings is 1. The van der Waals surface area contributed by atoms with E-state index < -0.39 is 47.6 Å². The van der Waals surface area contributed by atoms with Crippen molar-refractivity contribution in [1.29, 1.82) is 0 Å². The standard InChI is InChI=1S/C35H27F4N3O6S2/c1-47-23-12-15(6-11-22(23)48-14-24(43)40-21-5-3-2-4-20(21)35(37,38)39)25-26-18-13-19(29(26)49-31-30(25)50-34(46)41-31)28-27(18)32(44)42(33(28)45)17-9-7-16(36)8-10-17/h2-12,18-19,25-29H,13-14H2,1H3,(H,40,43)(H,41,46)/t18-,19-,25+,26-,27+,28+,29-/m1/s1. The van der Waals surface area contributed by atoms with Gasteiger partial charge in [-0.2, -0.15) is 13.2 Å². The number of H-pyrrole nitrogens is 1. The van der Waals surface area contributed by atoms with Gasteiger partial charge in [0.1, 0.15) is 5.82 Å². The summed E-state index contributed by atoms with van der Waals surface area (Å²) in [5.74, 6) is -3.20. The third-order valence-electron chi connectivity index (χ3n) is 10.2. The van der Waals surface area contributed by atoms with E-state index in [1.165, 1.54) is 48.4 Å². The Bertz CT molecular complexity index is 2100. The van der Waals surface area contributed by atoms with Crippen LogP contribution in [0.2, 0.25) is 0 Å². The van der Waals surface area contributed by atoms with Gasteiger partial charge in [0.05, 0.1) is 40.9 Å². The SMILES string of the molecule is COc1cc([C@@H]2c3sc(=O)[nH]c3S[C@@H]3[C@@H]4C[C@@H]([C@@H]5C(=O)N(c6ccc(F)cc6)C(=O)[C@@H]45)[C@H]23)ccc1OCC(=O)Nc1ccccc1C(F)(F)F. The summed E-state index contributed by atoms with van der Waals surface area (Å²) in [6.45, 7) is -0.593. The van der Waals surface area contributed by atoms with Gasteiger partial charge in [0, 0.05) is 16.0 Å². The number of hydrogen-bond acceptors (Lipinski definition) is 8. The number of carbonyl (C=O) groups excluding carboxylic acids is 3. The number of aromatic amines is 1. The number of aromatic nitrogens is 1. The lowest BCUT2D eigenvalue weighted by atomic mass is 9.68. The van der Waals surface area contributed by atoms with Crippen LogP contribution in [0.15, 0.2) is 76.6 Å². The highest BCUT2D eigenvalue weighted by molar-refractivity contribution is 8.00. The molecule has 1 aromatic heterocycles. The summed E-state index contributed by atoms with van der Waals surface area (Å²) >= 11 is 2.64. The molecule has 9 nitrogen and oxygen atoms in total. The predicted molar refractivity (Wildman–Crippen MR) is 176 cm³/mol. The largest absolute Gasteiger partial charge is 0.493 e. The molecule has 2 saturated carbocycles. The van der Waals surface area contributed by atoms with Gasteiger partial charge in [-0.3, -0.25) is 24.1 Å². The number of para-hydroxylation sites is 1. The van der Waals surface area contributed by atoms with E-state index in [0.29, 0.717) is 12.1 Å². The molecular formula is C35H27F4N3O6S2. The molecule has 0 radical (unpaired) electrons. The van der Waals surface area contributed by atoms with Crippen LogP contribution in [0, 0.1) is 35.4 Å². The van der Waals surface area contributed by atoms with Crippen molar-refractivity contribution in [2.45, 2.75) is 28.8 Å². The number of anilines is 2. The molecule has 2 N–H and O–H groups in total. The summed E-state index contributed by atoms with van der Waals surface area (Å²) in [4.78, 5) is 57.7. The highest BCUT2D eigenvalue weighted by Crippen LogP contribution is 2.68. The predicted octanol–water partition coefficient (Wildman–Crippen LogP) is 6.30. The first-order valence-corrected chi connectivity index (χ1v) is 17.4. The van der Waals surface area contributed by atoms with Gasteiger partial charge in [0.25, 0.3) is 5.91 Å². The molecule has 15 heteroatoms. The van der Waals surface area contributed by atoms with Crippen molar-refractivity contribution in [3.05, 3.63) is 98.2 Å². The number of methoxy groups -OCH3 is 1. The molecule has 3 fully saturated rings. The van der Waals surface area contributed by atoms with Crippen LogP contribution in [0.5, 0.6) is 11.5 Å². The minimum atomic E-state index is -4.66. The third kappa shape index (κ3) is 5.20. The van der Waals surface area contributed by atoms with Crippen LogP contribution < -0.4 is 24.6 Å². The van der Waals surface area contributed by atoms with E-state index in [0.717, 1.165) is 38.9 Å². The van der Waals surface area contributed by atoms with E-state index in [2.05, 4.69) is 10.3 Å². The van der Waals surface area contributed by atoms with Crippen LogP contribution in [-0.2, 0) is 20.6 Å². The van der Waals surface area contributed by atoms with Gasteiger partial charge in [0.2, 0.25) is 11.8 Å². The highest BCUT2D eigenvalue weighted by Gasteiger charge is 2.69. The Hall–Kier alpha value is -4.63. The van der Waals surface area contributed by atoms with Gasteiger partial charge < -0.3 is 19.8 Å². The van der Waals surface area contributed by atoms with Gasteiger partial charge in [0.15, 0.2) is 18.1 Å². The average molecular weight is 726 g/mol. The number of rotatable bonds is 7. The van der Waals surface area contributed by atoms with Crippen LogP contribution in [0.1, 0.15) is 28.3 Å². The molecule has 1 saturated heterocycles. The number of carbonyl (C=O) groups is 3. The fraction of sp³-hybridized carbons (Fsp3) is 0.314. The van der Waals surface area contributed by atoms with Crippen molar-refractivity contribution in [3.63, 3.8) is 0 Å². The van der Waals surface area contributed by atoms with Gasteiger partial charge >= 0.3 is 11.0 Å². The molecule has 4 aliphatic rings. The fourth-order valence-corrected chi connectivity index (χ4v) is 11.3. The Morgan fingerprint density at radius 2 is 1.70 bits per heavy atom. The zero-order chi connectivity index (χ0) is 35.1. The lowest BCUT2D eigenvalue weighted by Gasteiger charge is -2.43. The molecule has 0 spiro atoms. The number of thioether (sulfide) groups is 1. The van der Waals surface area contributed by atoms with Crippen molar-refractivity contribution >= 4 is 52.2 Å². The van der Waals surface area contributed by atoms with Crippen LogP contribution in [0.25, 0.3) is 0 Å². The molecule has 7 atom stereocenters. The molecule has 3 aromatic carbocycles. The Balaban J connectivity index is 1.07. The zero-order valence-corrected chi connectivity index (χ0v) is 27.7. The van der Waals surface area contributed by atoms with Gasteiger partial charge in [-0.15, -0.1) is 11.8 Å². The van der Waals surface area contributed by atoms with E-state index in [9.17, 15) is 36.7 Å². The Morgan fingerprint density at radius 1 is 0.980 bits per heavy atom. The number of halogens is 4. The Labute approximate surface area is 290 Å². The molecular weight excluding hydrogens is 699 g/mol. The molecule has 50 heavy (non-hydrogen) atoms. The minimum absolute atomic E-state index is 0.0703. The molecule has 2 bridgehead atoms. The number of amides is 3. The second-order valence-electron chi connectivity index (χ2n) is 12.7. The second kappa shape index (κ2) is 12.0. The average Bonchev–Trinajstić information content (AvgIpc) is 3.82. The normalized spacial score (nSPS) is 26.4. The molecule has 8 rings (SSSR count). The number of fused-ring (bicyclic) bond motifs is 9. The maximum absolute atomic E-state index is 13.9. The topological polar surface area (TPSA) is 118 Å². The minimum Gasteiger partial charge on any atom is -0.493 e. The molecule has 0 unspecified atom stereocenters. The van der Waals surface area contributed by atoms with Crippen LogP contribution in [-0.4, -0.2) is 41.7 Å². The number of benzene rings is 3. The lowest BCUT2D eigenvalue weighted by molar-refractivity contribution is -0.137. The molecule has 3 heterocycles. The Morgan fingerprint density at radius 3 is 2.42 bits per heavy atom. The van der Waals surface area contributed by atoms with Gasteiger partial charge in [-0.1, -0.05) is 29.5 Å². The van der Waals surface area contributed by atoms with Crippen molar-refractivity contribution in [2.75, 3.05) is 23.9 Å². The maximum atomic E-state index is 13.9. The lowest BCUT2D eigenvalue weighted by Crippen LogP contribution is -2.42. The van der Waals surface area contributed by atoms with Crippen molar-refractivity contribution < 1.29 is 41.4 Å². The first kappa shape index (κ1) is 32.6. The molecule has 2 aliphatic heterocycles. The van der Waals surface area contributed by atoms with Crippen LogP contribution >= 0.6 is 23.1 Å². The van der Waals surface area contributed by atoms with Gasteiger partial charge in [-0.25, -0.2) is 4.39 Å². The molecule has 3 amide bonds. The van der Waals surface area contributed by atoms with Crippen molar-refractivity contribution in [2.24, 2.45) is 29.6 Å². The summed E-state index contributed by atoms with van der Waals surface area (Å²) in [7, 11) is 1.42. The van der Waals surface area contributed by atoms with Gasteiger partial charge in [-0.05, 0) is 78.3 Å².